The zero-order valence-electron chi connectivity index (χ0n) is 20.6. The predicted octanol–water partition coefficient (Wildman–Crippen LogP) is 5.75. The van der Waals surface area contributed by atoms with E-state index in [0.29, 0.717) is 17.9 Å². The average Bonchev–Trinajstić information content (AvgIpc) is 3.05. The molecule has 0 aromatic heterocycles. The van der Waals surface area contributed by atoms with E-state index in [-0.39, 0.29) is 17.7 Å². The van der Waals surface area contributed by atoms with Crippen molar-refractivity contribution in [3.63, 3.8) is 0 Å². The quantitative estimate of drug-likeness (QED) is 0.496. The monoisotopic (exact) mass is 469 g/mol. The zero-order valence-corrected chi connectivity index (χ0v) is 20.6. The van der Waals surface area contributed by atoms with Gasteiger partial charge in [-0.3, -0.25) is 4.79 Å². The second-order valence-electron chi connectivity index (χ2n) is 9.27. The minimum Gasteiger partial charge on any atom is -0.493 e. The molecule has 2 atom stereocenters. The van der Waals surface area contributed by atoms with E-state index in [9.17, 15) is 4.79 Å². The minimum atomic E-state index is -0.226. The van der Waals surface area contributed by atoms with Gasteiger partial charge < -0.3 is 25.0 Å². The van der Waals surface area contributed by atoms with E-state index >= 15 is 0 Å². The van der Waals surface area contributed by atoms with E-state index in [0.717, 1.165) is 45.9 Å². The van der Waals surface area contributed by atoms with Crippen LogP contribution in [0, 0.1) is 0 Å². The van der Waals surface area contributed by atoms with E-state index < -0.39 is 0 Å². The van der Waals surface area contributed by atoms with Crippen LogP contribution >= 0.6 is 0 Å². The number of methoxy groups -OCH3 is 2. The van der Waals surface area contributed by atoms with Crippen LogP contribution in [0.5, 0.6) is 11.5 Å². The Labute approximate surface area is 206 Å². The second kappa shape index (κ2) is 9.37. The molecule has 2 aliphatic rings. The molecule has 0 amide bonds. The molecule has 180 valence electrons. The van der Waals surface area contributed by atoms with Crippen molar-refractivity contribution in [2.24, 2.45) is 0 Å². The molecule has 2 N–H and O–H groups in total. The van der Waals surface area contributed by atoms with Gasteiger partial charge in [-0.15, -0.1) is 0 Å². The van der Waals surface area contributed by atoms with E-state index in [2.05, 4.69) is 51.9 Å². The van der Waals surface area contributed by atoms with Crippen LogP contribution in [0.15, 0.2) is 78.0 Å². The minimum absolute atomic E-state index is 0.0515. The number of Topliss-reactive ketones (excluding diaryl/α,β-unsaturated/α-hetero) is 1. The summed E-state index contributed by atoms with van der Waals surface area (Å²) in [5, 5.41) is 7.25. The first-order chi connectivity index (χ1) is 17.0. The lowest BCUT2D eigenvalue weighted by Crippen LogP contribution is -2.27. The molecule has 0 saturated carbocycles. The van der Waals surface area contributed by atoms with Crippen molar-refractivity contribution < 1.29 is 14.3 Å². The fourth-order valence-corrected chi connectivity index (χ4v) is 5.05. The van der Waals surface area contributed by atoms with Gasteiger partial charge in [-0.25, -0.2) is 0 Å². The molecule has 5 rings (SSSR count). The molecule has 1 aliphatic carbocycles. The number of benzene rings is 3. The van der Waals surface area contributed by atoms with Gasteiger partial charge in [0.15, 0.2) is 17.3 Å². The van der Waals surface area contributed by atoms with Gasteiger partial charge in [-0.1, -0.05) is 30.3 Å². The number of nitrogens with zero attached hydrogens (tertiary/aromatic N) is 1. The molecule has 6 nitrogen and oxygen atoms in total. The van der Waals surface area contributed by atoms with E-state index in [4.69, 9.17) is 9.47 Å². The van der Waals surface area contributed by atoms with Crippen LogP contribution in [-0.4, -0.2) is 34.1 Å². The number of rotatable bonds is 5. The van der Waals surface area contributed by atoms with Crippen molar-refractivity contribution in [2.75, 3.05) is 43.8 Å². The van der Waals surface area contributed by atoms with Crippen LogP contribution < -0.4 is 25.0 Å². The molecule has 0 bridgehead atoms. The predicted molar refractivity (Wildman–Crippen MR) is 141 cm³/mol. The summed E-state index contributed by atoms with van der Waals surface area (Å²) in [6.45, 7) is 0. The van der Waals surface area contributed by atoms with Crippen LogP contribution in [0.25, 0.3) is 0 Å². The number of ether oxygens (including phenoxy) is 2. The highest BCUT2D eigenvalue weighted by Crippen LogP contribution is 2.45. The van der Waals surface area contributed by atoms with Crippen LogP contribution in [0.2, 0.25) is 0 Å². The Morgan fingerprint density at radius 3 is 2.20 bits per heavy atom. The lowest BCUT2D eigenvalue weighted by atomic mass is 9.78. The van der Waals surface area contributed by atoms with Crippen molar-refractivity contribution in [3.05, 3.63) is 89.1 Å². The number of ketones is 1. The van der Waals surface area contributed by atoms with Crippen LogP contribution in [0.1, 0.15) is 35.9 Å². The normalized spacial score (nSPS) is 19.0. The van der Waals surface area contributed by atoms with Gasteiger partial charge in [0.05, 0.1) is 31.6 Å². The topological polar surface area (TPSA) is 62.8 Å². The molecule has 0 radical (unpaired) electrons. The van der Waals surface area contributed by atoms with Crippen molar-refractivity contribution in [1.29, 1.82) is 0 Å². The number of fused-ring (bicyclic) bond motifs is 1. The Balaban J connectivity index is 1.56. The SMILES string of the molecule is COc1ccc([C@H]2CC(=O)C3=C(C2)Nc2ccccc2N[C@H]3c2ccc(N(C)C)cc2)cc1OC. The van der Waals surface area contributed by atoms with Crippen molar-refractivity contribution >= 4 is 22.8 Å². The number of carbonyl (C=O) groups excluding carboxylic acids is 1. The summed E-state index contributed by atoms with van der Waals surface area (Å²) in [7, 11) is 7.32. The molecule has 0 fully saturated rings. The highest BCUT2D eigenvalue weighted by atomic mass is 16.5. The Morgan fingerprint density at radius 2 is 1.51 bits per heavy atom. The molecule has 0 unspecified atom stereocenters. The molecule has 3 aromatic rings. The van der Waals surface area contributed by atoms with Crippen LogP contribution in [-0.2, 0) is 4.79 Å². The molecule has 0 saturated heterocycles. The Kier molecular flexibility index (Phi) is 6.12. The average molecular weight is 470 g/mol. The van der Waals surface area contributed by atoms with E-state index in [1.165, 1.54) is 0 Å². The van der Waals surface area contributed by atoms with E-state index in [1.54, 1.807) is 14.2 Å². The second-order valence-corrected chi connectivity index (χ2v) is 9.27. The molecule has 1 aliphatic heterocycles. The number of hydrogen-bond acceptors (Lipinski definition) is 6. The van der Waals surface area contributed by atoms with Crippen molar-refractivity contribution in [1.82, 2.24) is 0 Å². The standard InChI is InChI=1S/C29H31N3O3/c1-32(2)21-12-9-18(10-13-21)29-28-24(30-22-7-5-6-8-23(22)31-29)15-20(16-25(28)33)19-11-14-26(34-3)27(17-19)35-4/h5-14,17,20,29-31H,15-16H2,1-4H3/t20-,29+/m1/s1. The largest absolute Gasteiger partial charge is 0.493 e. The molecule has 6 heteroatoms. The van der Waals surface area contributed by atoms with Gasteiger partial charge in [0.2, 0.25) is 0 Å². The van der Waals surface area contributed by atoms with Crippen LogP contribution in [0.4, 0.5) is 17.1 Å². The number of anilines is 3. The number of allylic oxidation sites excluding steroid dienone is 1. The van der Waals surface area contributed by atoms with Crippen LogP contribution in [0.3, 0.4) is 0 Å². The third-order valence-corrected chi connectivity index (χ3v) is 6.93. The summed E-state index contributed by atoms with van der Waals surface area (Å²) in [5.41, 5.74) is 7.02. The van der Waals surface area contributed by atoms with Gasteiger partial charge in [-0.2, -0.15) is 0 Å². The summed E-state index contributed by atoms with van der Waals surface area (Å²) in [5.74, 6) is 1.57. The highest BCUT2D eigenvalue weighted by Gasteiger charge is 2.36. The Hall–Kier alpha value is -3.93. The molecule has 1 heterocycles. The fourth-order valence-electron chi connectivity index (χ4n) is 5.05. The highest BCUT2D eigenvalue weighted by molar-refractivity contribution is 6.01. The number of nitrogens with one attached hydrogen (secondary N) is 2. The lowest BCUT2D eigenvalue weighted by molar-refractivity contribution is -0.116. The maximum absolute atomic E-state index is 13.8. The molecule has 3 aromatic carbocycles. The summed E-state index contributed by atoms with van der Waals surface area (Å²) >= 11 is 0. The molecule has 0 spiro atoms. The van der Waals surface area contributed by atoms with Gasteiger partial charge >= 0.3 is 0 Å². The Bertz CT molecular complexity index is 1280. The zero-order chi connectivity index (χ0) is 24.5. The smallest absolute Gasteiger partial charge is 0.163 e. The lowest BCUT2D eigenvalue weighted by Gasteiger charge is -2.30. The first-order valence-electron chi connectivity index (χ1n) is 11.9. The third kappa shape index (κ3) is 4.32. The maximum Gasteiger partial charge on any atom is 0.163 e. The third-order valence-electron chi connectivity index (χ3n) is 6.93. The fraction of sp³-hybridized carbons (Fsp3) is 0.276. The number of para-hydroxylation sites is 2. The van der Waals surface area contributed by atoms with Crippen molar-refractivity contribution in [3.8, 4) is 11.5 Å². The number of hydrogen-bond donors (Lipinski definition) is 2. The van der Waals surface area contributed by atoms with Crippen molar-refractivity contribution in [2.45, 2.75) is 24.8 Å². The molecular weight excluding hydrogens is 438 g/mol. The van der Waals surface area contributed by atoms with Gasteiger partial charge in [0, 0.05) is 37.5 Å². The summed E-state index contributed by atoms with van der Waals surface area (Å²) < 4.78 is 10.9. The van der Waals surface area contributed by atoms with Gasteiger partial charge in [0.25, 0.3) is 0 Å². The van der Waals surface area contributed by atoms with Gasteiger partial charge in [-0.05, 0) is 59.9 Å². The summed E-state index contributed by atoms with van der Waals surface area (Å²) in [6, 6.07) is 22.3. The Morgan fingerprint density at radius 1 is 0.829 bits per heavy atom. The maximum atomic E-state index is 13.8. The number of carbonyl (C=O) groups is 1. The molecule has 35 heavy (non-hydrogen) atoms. The summed E-state index contributed by atoms with van der Waals surface area (Å²) in [6.07, 6.45) is 1.18. The first-order valence-corrected chi connectivity index (χ1v) is 11.9. The molecular formula is C29H31N3O3. The van der Waals surface area contributed by atoms with Gasteiger partial charge in [0.1, 0.15) is 0 Å². The first kappa shape index (κ1) is 22.8. The van der Waals surface area contributed by atoms with E-state index in [1.807, 2.05) is 44.4 Å². The summed E-state index contributed by atoms with van der Waals surface area (Å²) in [4.78, 5) is 15.8.